The van der Waals surface area contributed by atoms with Gasteiger partial charge < -0.3 is 19.7 Å². The van der Waals surface area contributed by atoms with E-state index in [0.717, 1.165) is 6.42 Å². The number of ether oxygens (including phenoxy) is 2. The van der Waals surface area contributed by atoms with Gasteiger partial charge in [-0.05, 0) is 18.2 Å². The molecule has 1 N–H and O–H groups in total. The Morgan fingerprint density at radius 2 is 2.29 bits per heavy atom. The maximum absolute atomic E-state index is 12.4. The lowest BCUT2D eigenvalue weighted by Gasteiger charge is -2.18. The van der Waals surface area contributed by atoms with Crippen LogP contribution in [0.5, 0.6) is 11.6 Å². The molecule has 2 aromatic rings. The van der Waals surface area contributed by atoms with Crippen LogP contribution in [0.15, 0.2) is 36.8 Å². The van der Waals surface area contributed by atoms with E-state index in [4.69, 9.17) is 21.1 Å². The Kier molecular flexibility index (Phi) is 5.00. The van der Waals surface area contributed by atoms with E-state index < -0.39 is 0 Å². The lowest BCUT2D eigenvalue weighted by molar-refractivity contribution is 0.189. The van der Waals surface area contributed by atoms with Crippen LogP contribution in [0.25, 0.3) is 0 Å². The van der Waals surface area contributed by atoms with Crippen molar-refractivity contribution in [3.63, 3.8) is 0 Å². The first-order valence-corrected chi connectivity index (χ1v) is 7.85. The molecule has 1 fully saturated rings. The third kappa shape index (κ3) is 3.86. The number of amides is 2. The molecule has 0 radical (unpaired) electrons. The van der Waals surface area contributed by atoms with Crippen molar-refractivity contribution in [3.05, 3.63) is 41.8 Å². The fraction of sp³-hybridized carbons (Fsp3) is 0.312. The van der Waals surface area contributed by atoms with Gasteiger partial charge in [-0.15, -0.1) is 0 Å². The van der Waals surface area contributed by atoms with E-state index in [2.05, 4.69) is 15.3 Å². The normalized spacial score (nSPS) is 16.8. The summed E-state index contributed by atoms with van der Waals surface area (Å²) in [5.74, 6) is 1.01. The summed E-state index contributed by atoms with van der Waals surface area (Å²) in [6.07, 6.45) is 5.34. The van der Waals surface area contributed by atoms with Crippen LogP contribution in [0.3, 0.4) is 0 Å². The highest BCUT2D eigenvalue weighted by Gasteiger charge is 2.28. The van der Waals surface area contributed by atoms with E-state index in [-0.39, 0.29) is 12.1 Å². The van der Waals surface area contributed by atoms with Gasteiger partial charge in [0.1, 0.15) is 11.9 Å². The summed E-state index contributed by atoms with van der Waals surface area (Å²) in [6.45, 7) is 1.07. The summed E-state index contributed by atoms with van der Waals surface area (Å²) in [5.41, 5.74) is 0.535. The summed E-state index contributed by atoms with van der Waals surface area (Å²) >= 11 is 5.98. The van der Waals surface area contributed by atoms with Crippen LogP contribution >= 0.6 is 11.6 Å². The average molecular weight is 349 g/mol. The lowest BCUT2D eigenvalue weighted by Crippen LogP contribution is -2.34. The molecule has 3 rings (SSSR count). The lowest BCUT2D eigenvalue weighted by atomic mass is 10.3. The van der Waals surface area contributed by atoms with E-state index in [9.17, 15) is 4.79 Å². The molecule has 1 aromatic carbocycles. The standard InChI is InChI=1S/C16H17ClN4O3/c1-23-14-3-2-11(17)8-13(14)20-16(22)21-7-4-12(10-21)24-15-9-18-5-6-19-15/h2-3,5-6,8-9,12H,4,7,10H2,1H3,(H,20,22). The van der Waals surface area contributed by atoms with Crippen LogP contribution in [0, 0.1) is 0 Å². The molecule has 1 aliphatic rings. The Bertz CT molecular complexity index is 714. The van der Waals surface area contributed by atoms with E-state index in [1.807, 2.05) is 0 Å². The first-order valence-electron chi connectivity index (χ1n) is 7.48. The van der Waals surface area contributed by atoms with Crippen molar-refractivity contribution >= 4 is 23.3 Å². The summed E-state index contributed by atoms with van der Waals surface area (Å²) in [7, 11) is 1.54. The number of carbonyl (C=O) groups excluding carboxylic acids is 1. The summed E-state index contributed by atoms with van der Waals surface area (Å²) in [5, 5.41) is 3.35. The van der Waals surface area contributed by atoms with Gasteiger partial charge in [-0.3, -0.25) is 4.98 Å². The van der Waals surface area contributed by atoms with Gasteiger partial charge in [0, 0.05) is 30.4 Å². The molecule has 126 valence electrons. The van der Waals surface area contributed by atoms with Crippen molar-refractivity contribution in [1.29, 1.82) is 0 Å². The van der Waals surface area contributed by atoms with Gasteiger partial charge in [-0.2, -0.15) is 0 Å². The zero-order chi connectivity index (χ0) is 16.9. The number of hydrogen-bond donors (Lipinski definition) is 1. The Balaban J connectivity index is 1.60. The minimum atomic E-state index is -0.221. The van der Waals surface area contributed by atoms with Gasteiger partial charge in [0.2, 0.25) is 5.88 Å². The van der Waals surface area contributed by atoms with E-state index in [0.29, 0.717) is 35.4 Å². The van der Waals surface area contributed by atoms with Crippen LogP contribution < -0.4 is 14.8 Å². The van der Waals surface area contributed by atoms with Crippen LogP contribution in [0.2, 0.25) is 5.02 Å². The van der Waals surface area contributed by atoms with Gasteiger partial charge in [0.25, 0.3) is 0 Å². The fourth-order valence-corrected chi connectivity index (χ4v) is 2.67. The van der Waals surface area contributed by atoms with Crippen molar-refractivity contribution in [2.24, 2.45) is 0 Å². The zero-order valence-corrected chi connectivity index (χ0v) is 13.9. The first kappa shape index (κ1) is 16.3. The number of rotatable bonds is 4. The topological polar surface area (TPSA) is 76.6 Å². The monoisotopic (exact) mass is 348 g/mol. The van der Waals surface area contributed by atoms with Gasteiger partial charge in [-0.25, -0.2) is 9.78 Å². The number of nitrogens with one attached hydrogen (secondary N) is 1. The second-order valence-electron chi connectivity index (χ2n) is 5.29. The number of likely N-dealkylation sites (tertiary alicyclic amines) is 1. The molecule has 0 saturated carbocycles. The number of methoxy groups -OCH3 is 1. The zero-order valence-electron chi connectivity index (χ0n) is 13.1. The number of anilines is 1. The quantitative estimate of drug-likeness (QED) is 0.919. The highest BCUT2D eigenvalue weighted by Crippen LogP contribution is 2.28. The number of hydrogen-bond acceptors (Lipinski definition) is 5. The highest BCUT2D eigenvalue weighted by atomic mass is 35.5. The van der Waals surface area contributed by atoms with Crippen molar-refractivity contribution in [2.45, 2.75) is 12.5 Å². The molecule has 24 heavy (non-hydrogen) atoms. The van der Waals surface area contributed by atoms with E-state index in [1.165, 1.54) is 0 Å². The number of urea groups is 1. The molecular formula is C16H17ClN4O3. The molecular weight excluding hydrogens is 332 g/mol. The van der Waals surface area contributed by atoms with E-state index in [1.54, 1.807) is 48.8 Å². The average Bonchev–Trinajstić information content (AvgIpc) is 3.05. The molecule has 8 heteroatoms. The molecule has 1 unspecified atom stereocenters. The summed E-state index contributed by atoms with van der Waals surface area (Å²) in [6, 6.07) is 4.85. The highest BCUT2D eigenvalue weighted by molar-refractivity contribution is 6.31. The molecule has 2 heterocycles. The third-order valence-electron chi connectivity index (χ3n) is 3.66. The maximum atomic E-state index is 12.4. The SMILES string of the molecule is COc1ccc(Cl)cc1NC(=O)N1CCC(Oc2cnccn2)C1. The summed E-state index contributed by atoms with van der Waals surface area (Å²) < 4.78 is 11.0. The maximum Gasteiger partial charge on any atom is 0.322 e. The molecule has 1 aliphatic heterocycles. The molecule has 0 bridgehead atoms. The first-order chi connectivity index (χ1) is 11.7. The van der Waals surface area contributed by atoms with Gasteiger partial charge in [0.05, 0.1) is 25.5 Å². The Hall–Kier alpha value is -2.54. The van der Waals surface area contributed by atoms with Crippen molar-refractivity contribution in [2.75, 3.05) is 25.5 Å². The number of halogens is 1. The van der Waals surface area contributed by atoms with Crippen LogP contribution in [0.4, 0.5) is 10.5 Å². The van der Waals surface area contributed by atoms with Gasteiger partial charge in [-0.1, -0.05) is 11.6 Å². The van der Waals surface area contributed by atoms with Crippen LogP contribution in [0.1, 0.15) is 6.42 Å². The molecule has 1 saturated heterocycles. The number of carbonyl (C=O) groups is 1. The third-order valence-corrected chi connectivity index (χ3v) is 3.90. The molecule has 1 atom stereocenters. The molecule has 7 nitrogen and oxygen atoms in total. The van der Waals surface area contributed by atoms with Gasteiger partial charge in [0.15, 0.2) is 0 Å². The van der Waals surface area contributed by atoms with Crippen molar-refractivity contribution < 1.29 is 14.3 Å². The smallest absolute Gasteiger partial charge is 0.322 e. The predicted octanol–water partition coefficient (Wildman–Crippen LogP) is 2.82. The molecule has 1 aromatic heterocycles. The van der Waals surface area contributed by atoms with E-state index >= 15 is 0 Å². The predicted molar refractivity (Wildman–Crippen MR) is 89.7 cm³/mol. The van der Waals surface area contributed by atoms with Crippen molar-refractivity contribution in [3.8, 4) is 11.6 Å². The summed E-state index contributed by atoms with van der Waals surface area (Å²) in [4.78, 5) is 22.1. The van der Waals surface area contributed by atoms with Crippen molar-refractivity contribution in [1.82, 2.24) is 14.9 Å². The minimum Gasteiger partial charge on any atom is -0.495 e. The van der Waals surface area contributed by atoms with Gasteiger partial charge >= 0.3 is 6.03 Å². The number of nitrogens with zero attached hydrogens (tertiary/aromatic N) is 3. The second kappa shape index (κ2) is 7.35. The molecule has 0 spiro atoms. The Morgan fingerprint density at radius 1 is 1.42 bits per heavy atom. The van der Waals surface area contributed by atoms with Crippen LogP contribution in [-0.4, -0.2) is 47.2 Å². The number of benzene rings is 1. The largest absolute Gasteiger partial charge is 0.495 e. The Labute approximate surface area is 144 Å². The number of aromatic nitrogens is 2. The minimum absolute atomic E-state index is 0.103. The fourth-order valence-electron chi connectivity index (χ4n) is 2.50. The van der Waals surface area contributed by atoms with Crippen LogP contribution in [-0.2, 0) is 0 Å². The molecule has 2 amide bonds. The molecule has 0 aliphatic carbocycles. The Morgan fingerprint density at radius 3 is 3.04 bits per heavy atom. The second-order valence-corrected chi connectivity index (χ2v) is 5.73.